The summed E-state index contributed by atoms with van der Waals surface area (Å²) in [5, 5.41) is 3.23. The van der Waals surface area contributed by atoms with E-state index >= 15 is 0 Å². The highest BCUT2D eigenvalue weighted by molar-refractivity contribution is 5.77. The molecule has 6 nitrogen and oxygen atoms in total. The molecule has 2 fully saturated rings. The maximum atomic E-state index is 6.00. The molecule has 0 amide bonds. The standard InChI is InChI=1S/C17H34N4O2/c1-14(2)16-15(5-3-10-23-16)13-20-17(18)19-6-4-7-21-8-11-22-12-9-21/h14-16H,3-13H2,1-2H3,(H3,18,19,20). The Balaban J connectivity index is 1.62. The summed E-state index contributed by atoms with van der Waals surface area (Å²) >= 11 is 0. The number of ether oxygens (including phenoxy) is 2. The topological polar surface area (TPSA) is 72.1 Å². The van der Waals surface area contributed by atoms with E-state index in [0.29, 0.717) is 23.9 Å². The van der Waals surface area contributed by atoms with Crippen LogP contribution in [0.2, 0.25) is 0 Å². The van der Waals surface area contributed by atoms with Crippen LogP contribution >= 0.6 is 0 Å². The van der Waals surface area contributed by atoms with Gasteiger partial charge < -0.3 is 20.5 Å². The van der Waals surface area contributed by atoms with Crippen molar-refractivity contribution in [1.82, 2.24) is 10.2 Å². The molecular formula is C17H34N4O2. The van der Waals surface area contributed by atoms with Gasteiger partial charge in [0.1, 0.15) is 0 Å². The number of hydrogen-bond donors (Lipinski definition) is 2. The highest BCUT2D eigenvalue weighted by atomic mass is 16.5. The van der Waals surface area contributed by atoms with Crippen molar-refractivity contribution >= 4 is 5.96 Å². The molecule has 2 aliphatic rings. The lowest BCUT2D eigenvalue weighted by Gasteiger charge is -2.33. The van der Waals surface area contributed by atoms with Gasteiger partial charge in [0.2, 0.25) is 0 Å². The molecule has 0 bridgehead atoms. The molecule has 134 valence electrons. The fraction of sp³-hybridized carbons (Fsp3) is 0.941. The van der Waals surface area contributed by atoms with Gasteiger partial charge in [-0.1, -0.05) is 13.8 Å². The molecule has 0 aromatic carbocycles. The van der Waals surface area contributed by atoms with Crippen molar-refractivity contribution in [1.29, 1.82) is 0 Å². The van der Waals surface area contributed by atoms with Gasteiger partial charge in [0, 0.05) is 38.7 Å². The second-order valence-corrected chi connectivity index (χ2v) is 6.94. The highest BCUT2D eigenvalue weighted by Gasteiger charge is 2.28. The van der Waals surface area contributed by atoms with Gasteiger partial charge in [-0.3, -0.25) is 9.89 Å². The molecule has 2 atom stereocenters. The van der Waals surface area contributed by atoms with Crippen LogP contribution in [0.5, 0.6) is 0 Å². The lowest BCUT2D eigenvalue weighted by molar-refractivity contribution is -0.0491. The van der Waals surface area contributed by atoms with Gasteiger partial charge in [-0.15, -0.1) is 0 Å². The number of rotatable bonds is 7. The van der Waals surface area contributed by atoms with Crippen LogP contribution < -0.4 is 11.1 Å². The Morgan fingerprint density at radius 1 is 1.30 bits per heavy atom. The first-order valence-corrected chi connectivity index (χ1v) is 9.12. The van der Waals surface area contributed by atoms with Crippen molar-refractivity contribution < 1.29 is 9.47 Å². The van der Waals surface area contributed by atoms with E-state index in [1.54, 1.807) is 0 Å². The maximum absolute atomic E-state index is 6.00. The third-order valence-corrected chi connectivity index (χ3v) is 4.71. The number of nitrogens with two attached hydrogens (primary N) is 1. The van der Waals surface area contributed by atoms with E-state index in [9.17, 15) is 0 Å². The summed E-state index contributed by atoms with van der Waals surface area (Å²) in [6.45, 7) is 11.9. The Hall–Kier alpha value is -0.850. The lowest BCUT2D eigenvalue weighted by atomic mass is 9.87. The summed E-state index contributed by atoms with van der Waals surface area (Å²) in [6.07, 6.45) is 3.73. The number of guanidine groups is 1. The van der Waals surface area contributed by atoms with E-state index in [4.69, 9.17) is 15.2 Å². The van der Waals surface area contributed by atoms with E-state index in [2.05, 4.69) is 29.1 Å². The van der Waals surface area contributed by atoms with Crippen LogP contribution in [0.15, 0.2) is 4.99 Å². The highest BCUT2D eigenvalue weighted by Crippen LogP contribution is 2.26. The van der Waals surface area contributed by atoms with Gasteiger partial charge in [0.25, 0.3) is 0 Å². The molecule has 0 aromatic heterocycles. The molecule has 2 unspecified atom stereocenters. The minimum absolute atomic E-state index is 0.321. The number of hydrogen-bond acceptors (Lipinski definition) is 4. The largest absolute Gasteiger partial charge is 0.379 e. The Morgan fingerprint density at radius 2 is 2.09 bits per heavy atom. The molecule has 6 heteroatoms. The average molecular weight is 326 g/mol. The summed E-state index contributed by atoms with van der Waals surface area (Å²) < 4.78 is 11.3. The van der Waals surface area contributed by atoms with Crippen molar-refractivity contribution in [2.75, 3.05) is 52.5 Å². The first-order valence-electron chi connectivity index (χ1n) is 9.12. The van der Waals surface area contributed by atoms with Gasteiger partial charge >= 0.3 is 0 Å². The third-order valence-electron chi connectivity index (χ3n) is 4.71. The zero-order valence-electron chi connectivity index (χ0n) is 14.8. The second kappa shape index (κ2) is 10.1. The van der Waals surface area contributed by atoms with Crippen LogP contribution in [0.3, 0.4) is 0 Å². The van der Waals surface area contributed by atoms with Crippen LogP contribution in [-0.4, -0.2) is 69.5 Å². The number of aliphatic imine (C=N–C) groups is 1. The quantitative estimate of drug-likeness (QED) is 0.416. The molecule has 0 aliphatic carbocycles. The molecular weight excluding hydrogens is 292 g/mol. The molecule has 3 N–H and O–H groups in total. The van der Waals surface area contributed by atoms with Crippen LogP contribution in [-0.2, 0) is 9.47 Å². The molecule has 0 saturated carbocycles. The second-order valence-electron chi connectivity index (χ2n) is 6.94. The predicted octanol–water partition coefficient (Wildman–Crippen LogP) is 1.06. The monoisotopic (exact) mass is 326 g/mol. The zero-order valence-corrected chi connectivity index (χ0v) is 14.8. The smallest absolute Gasteiger partial charge is 0.188 e. The molecule has 2 saturated heterocycles. The van der Waals surface area contributed by atoms with E-state index in [-0.39, 0.29) is 0 Å². The molecule has 2 aliphatic heterocycles. The molecule has 2 rings (SSSR count). The first kappa shape index (κ1) is 18.5. The van der Waals surface area contributed by atoms with Crippen molar-refractivity contribution in [3.05, 3.63) is 0 Å². The Bertz CT molecular complexity index is 357. The van der Waals surface area contributed by atoms with E-state index in [1.807, 2.05) is 0 Å². The van der Waals surface area contributed by atoms with Gasteiger partial charge in [-0.05, 0) is 31.7 Å². The molecule has 23 heavy (non-hydrogen) atoms. The zero-order chi connectivity index (χ0) is 16.5. The average Bonchev–Trinajstić information content (AvgIpc) is 2.58. The van der Waals surface area contributed by atoms with Crippen molar-refractivity contribution in [3.8, 4) is 0 Å². The van der Waals surface area contributed by atoms with Gasteiger partial charge in [0.15, 0.2) is 5.96 Å². The van der Waals surface area contributed by atoms with E-state index < -0.39 is 0 Å². The normalized spacial score (nSPS) is 27.3. The number of nitrogens with zero attached hydrogens (tertiary/aromatic N) is 2. The number of nitrogens with one attached hydrogen (secondary N) is 1. The Labute approximate surface area is 140 Å². The molecule has 0 spiro atoms. The minimum atomic E-state index is 0.321. The summed E-state index contributed by atoms with van der Waals surface area (Å²) in [5.41, 5.74) is 6.00. The summed E-state index contributed by atoms with van der Waals surface area (Å²) in [5.74, 6) is 1.61. The Morgan fingerprint density at radius 3 is 2.83 bits per heavy atom. The third kappa shape index (κ3) is 6.65. The first-order chi connectivity index (χ1) is 11.2. The van der Waals surface area contributed by atoms with Gasteiger partial charge in [-0.2, -0.15) is 0 Å². The predicted molar refractivity (Wildman–Crippen MR) is 93.7 cm³/mol. The van der Waals surface area contributed by atoms with Crippen LogP contribution in [0, 0.1) is 11.8 Å². The fourth-order valence-corrected chi connectivity index (χ4v) is 3.41. The summed E-state index contributed by atoms with van der Waals surface area (Å²) in [4.78, 5) is 6.97. The molecule has 2 heterocycles. The molecule has 0 radical (unpaired) electrons. The number of morpholine rings is 1. The SMILES string of the molecule is CC(C)C1OCCCC1CN=C(N)NCCCN1CCOCC1. The Kier molecular flexibility index (Phi) is 8.12. The van der Waals surface area contributed by atoms with Crippen LogP contribution in [0.25, 0.3) is 0 Å². The minimum Gasteiger partial charge on any atom is -0.379 e. The van der Waals surface area contributed by atoms with Crippen LogP contribution in [0.1, 0.15) is 33.1 Å². The van der Waals surface area contributed by atoms with Crippen molar-refractivity contribution in [3.63, 3.8) is 0 Å². The lowest BCUT2D eigenvalue weighted by Crippen LogP contribution is -2.39. The molecule has 0 aromatic rings. The summed E-state index contributed by atoms with van der Waals surface area (Å²) in [6, 6.07) is 0. The van der Waals surface area contributed by atoms with E-state index in [1.165, 1.54) is 6.42 Å². The maximum Gasteiger partial charge on any atom is 0.188 e. The van der Waals surface area contributed by atoms with Crippen molar-refractivity contribution in [2.24, 2.45) is 22.6 Å². The van der Waals surface area contributed by atoms with E-state index in [0.717, 1.165) is 65.4 Å². The fourth-order valence-electron chi connectivity index (χ4n) is 3.41. The van der Waals surface area contributed by atoms with Gasteiger partial charge in [-0.25, -0.2) is 0 Å². The van der Waals surface area contributed by atoms with Crippen molar-refractivity contribution in [2.45, 2.75) is 39.2 Å². The van der Waals surface area contributed by atoms with Gasteiger partial charge in [0.05, 0.1) is 19.3 Å². The summed E-state index contributed by atoms with van der Waals surface area (Å²) in [7, 11) is 0. The van der Waals surface area contributed by atoms with Crippen LogP contribution in [0.4, 0.5) is 0 Å².